The van der Waals surface area contributed by atoms with Gasteiger partial charge in [-0.2, -0.15) is 0 Å². The molecule has 2 aromatic rings. The van der Waals surface area contributed by atoms with Gasteiger partial charge < -0.3 is 15.4 Å². The van der Waals surface area contributed by atoms with Crippen LogP contribution in [0.3, 0.4) is 0 Å². The molecule has 1 saturated heterocycles. The van der Waals surface area contributed by atoms with Crippen molar-refractivity contribution in [3.8, 4) is 0 Å². The highest BCUT2D eigenvalue weighted by Gasteiger charge is 2.15. The van der Waals surface area contributed by atoms with Crippen LogP contribution >= 0.6 is 11.8 Å². The van der Waals surface area contributed by atoms with Gasteiger partial charge in [0, 0.05) is 29.5 Å². The molecule has 24 heavy (non-hydrogen) atoms. The second kappa shape index (κ2) is 8.76. The lowest BCUT2D eigenvalue weighted by Crippen LogP contribution is -2.35. The van der Waals surface area contributed by atoms with Crippen LogP contribution < -0.4 is 10.6 Å². The molecular formula is C19H22N2O2S. The predicted molar refractivity (Wildman–Crippen MR) is 97.6 cm³/mol. The number of carbonyl (C=O) groups is 1. The molecule has 2 amide bonds. The minimum absolute atomic E-state index is 0.150. The summed E-state index contributed by atoms with van der Waals surface area (Å²) in [5.74, 6) is 0.512. The fourth-order valence-corrected chi connectivity index (χ4v) is 3.55. The van der Waals surface area contributed by atoms with E-state index in [4.69, 9.17) is 4.74 Å². The van der Waals surface area contributed by atoms with Crippen LogP contribution in [-0.4, -0.2) is 25.8 Å². The lowest BCUT2D eigenvalue weighted by atomic mass is 10.0. The SMILES string of the molecule is O=C(NCC1CCOCC1)Nc1ccccc1Sc1ccccc1. The number of nitrogens with one attached hydrogen (secondary N) is 2. The molecule has 5 heteroatoms. The maximum atomic E-state index is 12.2. The minimum Gasteiger partial charge on any atom is -0.381 e. The Hall–Kier alpha value is -1.98. The van der Waals surface area contributed by atoms with E-state index in [1.54, 1.807) is 11.8 Å². The first-order valence-corrected chi connectivity index (χ1v) is 9.07. The van der Waals surface area contributed by atoms with E-state index in [0.717, 1.165) is 41.5 Å². The van der Waals surface area contributed by atoms with Gasteiger partial charge in [-0.05, 0) is 43.0 Å². The maximum Gasteiger partial charge on any atom is 0.319 e. The summed E-state index contributed by atoms with van der Waals surface area (Å²) in [6.45, 7) is 2.29. The highest BCUT2D eigenvalue weighted by atomic mass is 32.2. The van der Waals surface area contributed by atoms with E-state index in [-0.39, 0.29) is 6.03 Å². The zero-order valence-electron chi connectivity index (χ0n) is 13.5. The quantitative estimate of drug-likeness (QED) is 0.847. The van der Waals surface area contributed by atoms with Crippen LogP contribution in [0.4, 0.5) is 10.5 Å². The van der Waals surface area contributed by atoms with E-state index in [9.17, 15) is 4.79 Å². The van der Waals surface area contributed by atoms with Gasteiger partial charge in [-0.3, -0.25) is 0 Å². The lowest BCUT2D eigenvalue weighted by molar-refractivity contribution is 0.0671. The Bertz CT molecular complexity index is 657. The standard InChI is InChI=1S/C19H22N2O2S/c22-19(20-14-15-10-12-23-13-11-15)21-17-8-4-5-9-18(17)24-16-6-2-1-3-7-16/h1-9,15H,10-14H2,(H2,20,21,22). The molecule has 0 spiro atoms. The Labute approximate surface area is 147 Å². The normalized spacial score (nSPS) is 15.0. The minimum atomic E-state index is -0.150. The summed E-state index contributed by atoms with van der Waals surface area (Å²) >= 11 is 1.64. The Kier molecular flexibility index (Phi) is 6.15. The lowest BCUT2D eigenvalue weighted by Gasteiger charge is -2.22. The van der Waals surface area contributed by atoms with Gasteiger partial charge in [0.25, 0.3) is 0 Å². The van der Waals surface area contributed by atoms with Gasteiger partial charge in [-0.1, -0.05) is 42.1 Å². The van der Waals surface area contributed by atoms with Crippen LogP contribution in [0.2, 0.25) is 0 Å². The first-order valence-electron chi connectivity index (χ1n) is 8.26. The molecule has 1 aliphatic rings. The number of rotatable bonds is 5. The molecule has 0 saturated carbocycles. The number of carbonyl (C=O) groups excluding carboxylic acids is 1. The van der Waals surface area contributed by atoms with E-state index in [0.29, 0.717) is 12.5 Å². The van der Waals surface area contributed by atoms with Gasteiger partial charge in [0.1, 0.15) is 0 Å². The molecule has 3 rings (SSSR count). The number of amides is 2. The average Bonchev–Trinajstić information content (AvgIpc) is 2.63. The van der Waals surface area contributed by atoms with Crippen molar-refractivity contribution < 1.29 is 9.53 Å². The van der Waals surface area contributed by atoms with Crippen molar-refractivity contribution in [2.75, 3.05) is 25.1 Å². The molecular weight excluding hydrogens is 320 g/mol. The zero-order valence-corrected chi connectivity index (χ0v) is 14.4. The molecule has 2 N–H and O–H groups in total. The van der Waals surface area contributed by atoms with Crippen molar-refractivity contribution in [2.24, 2.45) is 5.92 Å². The summed E-state index contributed by atoms with van der Waals surface area (Å²) in [5.41, 5.74) is 0.829. The second-order valence-electron chi connectivity index (χ2n) is 5.80. The van der Waals surface area contributed by atoms with Crippen LogP contribution in [0.5, 0.6) is 0 Å². The number of urea groups is 1. The number of anilines is 1. The number of para-hydroxylation sites is 1. The smallest absolute Gasteiger partial charge is 0.319 e. The van der Waals surface area contributed by atoms with Crippen LogP contribution in [0.1, 0.15) is 12.8 Å². The Morgan fingerprint density at radius 3 is 2.54 bits per heavy atom. The van der Waals surface area contributed by atoms with Gasteiger partial charge in [-0.25, -0.2) is 4.79 Å². The largest absolute Gasteiger partial charge is 0.381 e. The van der Waals surface area contributed by atoms with Gasteiger partial charge in [0.15, 0.2) is 0 Å². The van der Waals surface area contributed by atoms with Crippen molar-refractivity contribution in [1.82, 2.24) is 5.32 Å². The fourth-order valence-electron chi connectivity index (χ4n) is 2.63. The predicted octanol–water partition coefficient (Wildman–Crippen LogP) is 4.39. The van der Waals surface area contributed by atoms with Gasteiger partial charge in [-0.15, -0.1) is 0 Å². The molecule has 1 fully saturated rings. The molecule has 4 nitrogen and oxygen atoms in total. The topological polar surface area (TPSA) is 50.4 Å². The van der Waals surface area contributed by atoms with Crippen LogP contribution in [0.15, 0.2) is 64.4 Å². The first-order chi connectivity index (χ1) is 11.8. The highest BCUT2D eigenvalue weighted by molar-refractivity contribution is 7.99. The Morgan fingerprint density at radius 1 is 1.04 bits per heavy atom. The summed E-state index contributed by atoms with van der Waals surface area (Å²) in [5, 5.41) is 5.95. The Morgan fingerprint density at radius 2 is 1.75 bits per heavy atom. The molecule has 2 aromatic carbocycles. The highest BCUT2D eigenvalue weighted by Crippen LogP contribution is 2.33. The number of hydrogen-bond acceptors (Lipinski definition) is 3. The third kappa shape index (κ3) is 5.01. The number of benzene rings is 2. The third-order valence-electron chi connectivity index (χ3n) is 4.00. The third-order valence-corrected chi connectivity index (χ3v) is 5.08. The van der Waals surface area contributed by atoms with Crippen LogP contribution in [0, 0.1) is 5.92 Å². The van der Waals surface area contributed by atoms with Crippen molar-refractivity contribution in [1.29, 1.82) is 0 Å². The average molecular weight is 342 g/mol. The van der Waals surface area contributed by atoms with Gasteiger partial charge in [0.05, 0.1) is 5.69 Å². The molecule has 0 aliphatic carbocycles. The summed E-state index contributed by atoms with van der Waals surface area (Å²) in [6.07, 6.45) is 2.03. The molecule has 0 aromatic heterocycles. The summed E-state index contributed by atoms with van der Waals surface area (Å²) in [6, 6.07) is 17.9. The zero-order chi connectivity index (χ0) is 16.6. The van der Waals surface area contributed by atoms with Crippen molar-refractivity contribution in [2.45, 2.75) is 22.6 Å². The summed E-state index contributed by atoms with van der Waals surface area (Å²) in [4.78, 5) is 14.4. The number of hydrogen-bond donors (Lipinski definition) is 2. The molecule has 0 unspecified atom stereocenters. The fraction of sp³-hybridized carbons (Fsp3) is 0.316. The first kappa shape index (κ1) is 16.9. The van der Waals surface area contributed by atoms with E-state index < -0.39 is 0 Å². The van der Waals surface area contributed by atoms with E-state index >= 15 is 0 Å². The molecule has 0 atom stereocenters. The van der Waals surface area contributed by atoms with Crippen LogP contribution in [-0.2, 0) is 4.74 Å². The molecule has 126 valence electrons. The molecule has 1 aliphatic heterocycles. The molecule has 0 radical (unpaired) electrons. The van der Waals surface area contributed by atoms with Crippen LogP contribution in [0.25, 0.3) is 0 Å². The van der Waals surface area contributed by atoms with Gasteiger partial charge >= 0.3 is 6.03 Å². The van der Waals surface area contributed by atoms with Crippen molar-refractivity contribution >= 4 is 23.5 Å². The van der Waals surface area contributed by atoms with Crippen molar-refractivity contribution in [3.05, 3.63) is 54.6 Å². The second-order valence-corrected chi connectivity index (χ2v) is 6.92. The van der Waals surface area contributed by atoms with E-state index in [1.807, 2.05) is 42.5 Å². The van der Waals surface area contributed by atoms with E-state index in [2.05, 4.69) is 22.8 Å². The van der Waals surface area contributed by atoms with Crippen molar-refractivity contribution in [3.63, 3.8) is 0 Å². The maximum absolute atomic E-state index is 12.2. The Balaban J connectivity index is 1.57. The summed E-state index contributed by atoms with van der Waals surface area (Å²) in [7, 11) is 0. The van der Waals surface area contributed by atoms with Gasteiger partial charge in [0.2, 0.25) is 0 Å². The monoisotopic (exact) mass is 342 g/mol. The molecule has 1 heterocycles. The van der Waals surface area contributed by atoms with E-state index in [1.165, 1.54) is 0 Å². The summed E-state index contributed by atoms with van der Waals surface area (Å²) < 4.78 is 5.34. The number of ether oxygens (including phenoxy) is 1. The molecule has 0 bridgehead atoms.